The molecule has 1 aromatic rings. The minimum absolute atomic E-state index is 0.253. The molecule has 0 saturated heterocycles. The van der Waals surface area contributed by atoms with Gasteiger partial charge in [-0.3, -0.25) is 4.79 Å². The van der Waals surface area contributed by atoms with Gasteiger partial charge in [-0.15, -0.1) is 11.8 Å². The molecule has 0 heterocycles. The number of carbonyl (C=O) groups excluding carboxylic acids is 1. The second kappa shape index (κ2) is 6.55. The van der Waals surface area contributed by atoms with Crippen LogP contribution in [0.5, 0.6) is 0 Å². The molecule has 0 aliphatic heterocycles. The lowest BCUT2D eigenvalue weighted by atomic mass is 10.2. The molecule has 3 nitrogen and oxygen atoms in total. The highest BCUT2D eigenvalue weighted by Crippen LogP contribution is 2.18. The van der Waals surface area contributed by atoms with Gasteiger partial charge in [-0.1, -0.05) is 24.6 Å². The number of nitrogens with one attached hydrogen (secondary N) is 1. The van der Waals surface area contributed by atoms with E-state index in [1.807, 2.05) is 6.92 Å². The lowest BCUT2D eigenvalue weighted by molar-refractivity contribution is -0.119. The van der Waals surface area contributed by atoms with Crippen molar-refractivity contribution in [2.45, 2.75) is 24.8 Å². The molecule has 1 rings (SSSR count). The Hall–Kier alpha value is -1.00. The largest absolute Gasteiger partial charge is 0.368 e. The molecule has 1 unspecified atom stereocenters. The fourth-order valence-corrected chi connectivity index (χ4v) is 2.27. The van der Waals surface area contributed by atoms with Gasteiger partial charge in [0.25, 0.3) is 0 Å². The van der Waals surface area contributed by atoms with Crippen molar-refractivity contribution < 1.29 is 4.79 Å². The molecule has 88 valence electrons. The molecule has 0 radical (unpaired) electrons. The van der Waals surface area contributed by atoms with E-state index in [4.69, 9.17) is 5.73 Å². The van der Waals surface area contributed by atoms with E-state index < -0.39 is 0 Å². The molecule has 1 aromatic carbocycles. The summed E-state index contributed by atoms with van der Waals surface area (Å²) in [6, 6.07) is 7.99. The molecule has 0 bridgehead atoms. The fraction of sp³-hybridized carbons (Fsp3) is 0.417. The van der Waals surface area contributed by atoms with Gasteiger partial charge in [0.1, 0.15) is 0 Å². The van der Waals surface area contributed by atoms with Crippen LogP contribution in [0.4, 0.5) is 0 Å². The van der Waals surface area contributed by atoms with Crippen LogP contribution in [0.3, 0.4) is 0 Å². The maximum atomic E-state index is 11.1. The summed E-state index contributed by atoms with van der Waals surface area (Å²) in [7, 11) is 0. The highest BCUT2D eigenvalue weighted by atomic mass is 32.2. The third-order valence-electron chi connectivity index (χ3n) is 2.23. The Bertz CT molecular complexity index is 337. The minimum Gasteiger partial charge on any atom is -0.368 e. The van der Waals surface area contributed by atoms with E-state index in [1.165, 1.54) is 5.56 Å². The van der Waals surface area contributed by atoms with Crippen LogP contribution in [0.15, 0.2) is 29.2 Å². The van der Waals surface area contributed by atoms with E-state index >= 15 is 0 Å². The number of hydrogen-bond acceptors (Lipinski definition) is 3. The summed E-state index contributed by atoms with van der Waals surface area (Å²) in [6.07, 6.45) is 0. The summed E-state index contributed by atoms with van der Waals surface area (Å²) < 4.78 is 0. The predicted molar refractivity (Wildman–Crippen MR) is 68.6 cm³/mol. The summed E-state index contributed by atoms with van der Waals surface area (Å²) in [5, 5.41) is 3.07. The van der Waals surface area contributed by atoms with Crippen molar-refractivity contribution in [2.24, 2.45) is 5.73 Å². The molecular weight excluding hydrogens is 220 g/mol. The third kappa shape index (κ3) is 4.24. The highest BCUT2D eigenvalue weighted by Gasteiger charge is 2.13. The summed E-state index contributed by atoms with van der Waals surface area (Å²) in [6.45, 7) is 4.77. The molecular formula is C12H18N2OS. The summed E-state index contributed by atoms with van der Waals surface area (Å²) in [5.41, 5.74) is 6.53. The first-order chi connectivity index (χ1) is 7.63. The monoisotopic (exact) mass is 238 g/mol. The topological polar surface area (TPSA) is 55.1 Å². The number of rotatable bonds is 6. The minimum atomic E-state index is -0.290. The number of likely N-dealkylation sites (N-methyl/N-ethyl adjacent to an activating group) is 1. The maximum Gasteiger partial charge on any atom is 0.235 e. The number of hydrogen-bond donors (Lipinski definition) is 2. The average molecular weight is 238 g/mol. The lowest BCUT2D eigenvalue weighted by Crippen LogP contribution is -2.42. The van der Waals surface area contributed by atoms with Gasteiger partial charge in [0.05, 0.1) is 6.04 Å². The predicted octanol–water partition coefficient (Wildman–Crippen LogP) is 1.55. The first kappa shape index (κ1) is 13.1. The Morgan fingerprint density at radius 2 is 2.06 bits per heavy atom. The summed E-state index contributed by atoms with van der Waals surface area (Å²) in [4.78, 5) is 12.3. The van der Waals surface area contributed by atoms with Crippen LogP contribution >= 0.6 is 11.8 Å². The number of thioether (sulfide) groups is 1. The number of nitrogens with two attached hydrogens (primary N) is 1. The van der Waals surface area contributed by atoms with E-state index in [1.54, 1.807) is 11.8 Å². The number of carbonyl (C=O) groups is 1. The molecule has 1 amide bonds. The molecule has 0 aliphatic rings. The zero-order chi connectivity index (χ0) is 12.0. The van der Waals surface area contributed by atoms with Crippen LogP contribution in [0.1, 0.15) is 12.5 Å². The molecule has 0 aromatic heterocycles. The second-order valence-electron chi connectivity index (χ2n) is 3.64. The van der Waals surface area contributed by atoms with Gasteiger partial charge in [-0.25, -0.2) is 0 Å². The Kier molecular flexibility index (Phi) is 5.35. The highest BCUT2D eigenvalue weighted by molar-refractivity contribution is 7.99. The van der Waals surface area contributed by atoms with Crippen LogP contribution < -0.4 is 11.1 Å². The number of aryl methyl sites for hydroxylation is 1. The SMILES string of the molecule is CCNC(CSc1ccc(C)cc1)C(N)=O. The Labute approximate surface area is 101 Å². The van der Waals surface area contributed by atoms with Crippen molar-refractivity contribution in [3.8, 4) is 0 Å². The van der Waals surface area contributed by atoms with Crippen LogP contribution in [0, 0.1) is 6.92 Å². The van der Waals surface area contributed by atoms with Gasteiger partial charge in [-0.05, 0) is 25.6 Å². The summed E-state index contributed by atoms with van der Waals surface area (Å²) >= 11 is 1.64. The van der Waals surface area contributed by atoms with E-state index in [0.717, 1.165) is 11.4 Å². The molecule has 3 N–H and O–H groups in total. The van der Waals surface area contributed by atoms with Crippen LogP contribution in [-0.4, -0.2) is 24.2 Å². The van der Waals surface area contributed by atoms with Crippen LogP contribution in [-0.2, 0) is 4.79 Å². The standard InChI is InChI=1S/C12H18N2OS/c1-3-14-11(12(13)15)8-16-10-6-4-9(2)5-7-10/h4-7,11,14H,3,8H2,1-2H3,(H2,13,15). The van der Waals surface area contributed by atoms with Crippen molar-refractivity contribution in [1.82, 2.24) is 5.32 Å². The van der Waals surface area contributed by atoms with Gasteiger partial charge < -0.3 is 11.1 Å². The zero-order valence-corrected chi connectivity index (χ0v) is 10.5. The maximum absolute atomic E-state index is 11.1. The van der Waals surface area contributed by atoms with Crippen LogP contribution in [0.25, 0.3) is 0 Å². The quantitative estimate of drug-likeness (QED) is 0.739. The number of primary amides is 1. The average Bonchev–Trinajstić information content (AvgIpc) is 2.26. The first-order valence-corrected chi connectivity index (χ1v) is 6.34. The number of amides is 1. The van der Waals surface area contributed by atoms with Crippen LogP contribution in [0.2, 0.25) is 0 Å². The Morgan fingerprint density at radius 1 is 1.44 bits per heavy atom. The molecule has 1 atom stereocenters. The van der Waals surface area contributed by atoms with E-state index in [2.05, 4.69) is 36.5 Å². The Morgan fingerprint density at radius 3 is 2.56 bits per heavy atom. The fourth-order valence-electron chi connectivity index (χ4n) is 1.30. The van der Waals surface area contributed by atoms with Crippen molar-refractivity contribution in [3.63, 3.8) is 0 Å². The summed E-state index contributed by atoms with van der Waals surface area (Å²) in [5.74, 6) is 0.383. The van der Waals surface area contributed by atoms with E-state index in [9.17, 15) is 4.79 Å². The molecule has 0 fully saturated rings. The lowest BCUT2D eigenvalue weighted by Gasteiger charge is -2.13. The van der Waals surface area contributed by atoms with E-state index in [0.29, 0.717) is 5.75 Å². The van der Waals surface area contributed by atoms with E-state index in [-0.39, 0.29) is 11.9 Å². The normalized spacial score (nSPS) is 12.4. The van der Waals surface area contributed by atoms with Crippen molar-refractivity contribution in [1.29, 1.82) is 0 Å². The van der Waals surface area contributed by atoms with Gasteiger partial charge in [0.15, 0.2) is 0 Å². The van der Waals surface area contributed by atoms with Crippen molar-refractivity contribution in [3.05, 3.63) is 29.8 Å². The van der Waals surface area contributed by atoms with Gasteiger partial charge >= 0.3 is 0 Å². The van der Waals surface area contributed by atoms with Gasteiger partial charge in [0.2, 0.25) is 5.91 Å². The Balaban J connectivity index is 2.48. The molecule has 0 spiro atoms. The number of benzene rings is 1. The molecule has 0 aliphatic carbocycles. The van der Waals surface area contributed by atoms with Gasteiger partial charge in [0, 0.05) is 10.6 Å². The molecule has 4 heteroatoms. The zero-order valence-electron chi connectivity index (χ0n) is 9.69. The molecule has 16 heavy (non-hydrogen) atoms. The second-order valence-corrected chi connectivity index (χ2v) is 4.73. The van der Waals surface area contributed by atoms with Gasteiger partial charge in [-0.2, -0.15) is 0 Å². The molecule has 0 saturated carbocycles. The van der Waals surface area contributed by atoms with Crippen molar-refractivity contribution in [2.75, 3.05) is 12.3 Å². The first-order valence-electron chi connectivity index (χ1n) is 5.35. The smallest absolute Gasteiger partial charge is 0.235 e. The third-order valence-corrected chi connectivity index (χ3v) is 3.34. The van der Waals surface area contributed by atoms with Crippen molar-refractivity contribution >= 4 is 17.7 Å².